The zero-order chi connectivity index (χ0) is 14.9. The fraction of sp³-hybridized carbons (Fsp3) is 0.647. The van der Waals surface area contributed by atoms with Crippen LogP contribution in [0.15, 0.2) is 24.3 Å². The van der Waals surface area contributed by atoms with E-state index >= 15 is 0 Å². The molecule has 1 aliphatic rings. The van der Waals surface area contributed by atoms with Crippen molar-refractivity contribution >= 4 is 0 Å². The van der Waals surface area contributed by atoms with Gasteiger partial charge in [-0.2, -0.15) is 0 Å². The molecule has 2 N–H and O–H groups in total. The number of nitrogens with two attached hydrogens (primary N) is 1. The highest BCUT2D eigenvalue weighted by molar-refractivity contribution is 5.28. The van der Waals surface area contributed by atoms with Gasteiger partial charge in [0.15, 0.2) is 0 Å². The molecule has 4 heteroatoms. The van der Waals surface area contributed by atoms with Crippen molar-refractivity contribution in [1.29, 1.82) is 0 Å². The Balaban J connectivity index is 1.60. The van der Waals surface area contributed by atoms with E-state index in [1.54, 1.807) is 0 Å². The molecule has 0 unspecified atom stereocenters. The second kappa shape index (κ2) is 9.03. The average molecular weight is 291 g/mol. The molecule has 1 fully saturated rings. The predicted octanol–water partition coefficient (Wildman–Crippen LogP) is 1.94. The fourth-order valence-corrected chi connectivity index (χ4v) is 2.79. The first-order valence-corrected chi connectivity index (χ1v) is 8.18. The normalized spacial score (nSPS) is 17.0. The minimum absolute atomic E-state index is 0.569. The summed E-state index contributed by atoms with van der Waals surface area (Å²) in [5, 5.41) is 0. The summed E-state index contributed by atoms with van der Waals surface area (Å²) in [5.41, 5.74) is 6.76. The minimum Gasteiger partial charge on any atom is -0.494 e. The SMILES string of the molecule is CCCN1CCN(CCCOc2cccc(CN)c2)CC1. The summed E-state index contributed by atoms with van der Waals surface area (Å²) in [6, 6.07) is 8.07. The molecule has 118 valence electrons. The third-order valence-corrected chi connectivity index (χ3v) is 4.03. The lowest BCUT2D eigenvalue weighted by atomic mass is 10.2. The van der Waals surface area contributed by atoms with E-state index in [2.05, 4.69) is 16.7 Å². The van der Waals surface area contributed by atoms with Crippen molar-refractivity contribution in [1.82, 2.24) is 9.80 Å². The van der Waals surface area contributed by atoms with Crippen LogP contribution in [0.25, 0.3) is 0 Å². The van der Waals surface area contributed by atoms with Crippen molar-refractivity contribution in [2.75, 3.05) is 45.9 Å². The highest BCUT2D eigenvalue weighted by Gasteiger charge is 2.15. The standard InChI is InChI=1S/C17H29N3O/c1-2-7-19-9-11-20(12-10-19)8-4-13-21-17-6-3-5-16(14-17)15-18/h3,5-6,14H,2,4,7-13,15,18H2,1H3. The van der Waals surface area contributed by atoms with Gasteiger partial charge < -0.3 is 20.3 Å². The summed E-state index contributed by atoms with van der Waals surface area (Å²) in [6.07, 6.45) is 2.34. The smallest absolute Gasteiger partial charge is 0.119 e. The third kappa shape index (κ3) is 5.65. The quantitative estimate of drug-likeness (QED) is 0.743. The Hall–Kier alpha value is -1.10. The number of piperazine rings is 1. The Morgan fingerprint density at radius 3 is 2.48 bits per heavy atom. The van der Waals surface area contributed by atoms with Gasteiger partial charge in [0, 0.05) is 39.3 Å². The van der Waals surface area contributed by atoms with Gasteiger partial charge >= 0.3 is 0 Å². The zero-order valence-corrected chi connectivity index (χ0v) is 13.3. The summed E-state index contributed by atoms with van der Waals surface area (Å²) in [4.78, 5) is 5.11. The number of hydrogen-bond donors (Lipinski definition) is 1. The van der Waals surface area contributed by atoms with E-state index < -0.39 is 0 Å². The lowest BCUT2D eigenvalue weighted by Crippen LogP contribution is -2.46. The van der Waals surface area contributed by atoms with Crippen LogP contribution in [0.4, 0.5) is 0 Å². The molecule has 0 bridgehead atoms. The van der Waals surface area contributed by atoms with Gasteiger partial charge in [0.05, 0.1) is 6.61 Å². The lowest BCUT2D eigenvalue weighted by Gasteiger charge is -2.34. The van der Waals surface area contributed by atoms with Gasteiger partial charge in [0.2, 0.25) is 0 Å². The molecule has 0 aliphatic carbocycles. The van der Waals surface area contributed by atoms with Crippen LogP contribution in [0.1, 0.15) is 25.3 Å². The molecule has 0 radical (unpaired) electrons. The molecule has 1 aliphatic heterocycles. The molecular formula is C17H29N3O. The molecule has 2 rings (SSSR count). The van der Waals surface area contributed by atoms with Gasteiger partial charge in [-0.1, -0.05) is 19.1 Å². The second-order valence-corrected chi connectivity index (χ2v) is 5.74. The molecule has 0 saturated carbocycles. The number of nitrogens with zero attached hydrogens (tertiary/aromatic N) is 2. The van der Waals surface area contributed by atoms with E-state index in [4.69, 9.17) is 10.5 Å². The highest BCUT2D eigenvalue weighted by atomic mass is 16.5. The Morgan fingerprint density at radius 1 is 1.10 bits per heavy atom. The summed E-state index contributed by atoms with van der Waals surface area (Å²) < 4.78 is 5.81. The molecule has 4 nitrogen and oxygen atoms in total. The van der Waals surface area contributed by atoms with Gasteiger partial charge in [-0.3, -0.25) is 0 Å². The van der Waals surface area contributed by atoms with E-state index in [1.807, 2.05) is 24.3 Å². The van der Waals surface area contributed by atoms with Crippen LogP contribution in [-0.4, -0.2) is 55.7 Å². The number of rotatable bonds is 8. The van der Waals surface area contributed by atoms with Crippen LogP contribution in [-0.2, 0) is 6.54 Å². The first-order valence-electron chi connectivity index (χ1n) is 8.18. The van der Waals surface area contributed by atoms with Crippen LogP contribution in [0.3, 0.4) is 0 Å². The molecule has 1 saturated heterocycles. The molecule has 0 atom stereocenters. The second-order valence-electron chi connectivity index (χ2n) is 5.74. The Kier molecular flexibility index (Phi) is 7.00. The molecule has 0 spiro atoms. The lowest BCUT2D eigenvalue weighted by molar-refractivity contribution is 0.126. The Bertz CT molecular complexity index is 403. The predicted molar refractivity (Wildman–Crippen MR) is 87.6 cm³/mol. The summed E-state index contributed by atoms with van der Waals surface area (Å²) in [6.45, 7) is 10.8. The zero-order valence-electron chi connectivity index (χ0n) is 13.3. The topological polar surface area (TPSA) is 41.7 Å². The minimum atomic E-state index is 0.569. The molecule has 1 aromatic rings. The summed E-state index contributed by atoms with van der Waals surface area (Å²) in [7, 11) is 0. The van der Waals surface area contributed by atoms with Crippen molar-refractivity contribution in [3.63, 3.8) is 0 Å². The van der Waals surface area contributed by atoms with Gasteiger partial charge in [-0.05, 0) is 37.1 Å². The number of ether oxygens (including phenoxy) is 1. The van der Waals surface area contributed by atoms with Crippen molar-refractivity contribution < 1.29 is 4.74 Å². The maximum absolute atomic E-state index is 5.81. The highest BCUT2D eigenvalue weighted by Crippen LogP contribution is 2.13. The molecule has 0 aromatic heterocycles. The van der Waals surface area contributed by atoms with Crippen LogP contribution < -0.4 is 10.5 Å². The van der Waals surface area contributed by atoms with Crippen LogP contribution in [0.5, 0.6) is 5.75 Å². The first kappa shape index (κ1) is 16.3. The average Bonchev–Trinajstić information content (AvgIpc) is 2.53. The van der Waals surface area contributed by atoms with Gasteiger partial charge in [-0.25, -0.2) is 0 Å². The van der Waals surface area contributed by atoms with Crippen molar-refractivity contribution in [3.05, 3.63) is 29.8 Å². The van der Waals surface area contributed by atoms with Crippen molar-refractivity contribution in [2.45, 2.75) is 26.3 Å². The number of hydrogen-bond acceptors (Lipinski definition) is 4. The van der Waals surface area contributed by atoms with Crippen molar-refractivity contribution in [2.24, 2.45) is 5.73 Å². The largest absolute Gasteiger partial charge is 0.494 e. The van der Waals surface area contributed by atoms with Crippen LogP contribution >= 0.6 is 0 Å². The van der Waals surface area contributed by atoms with Crippen molar-refractivity contribution in [3.8, 4) is 5.75 Å². The van der Waals surface area contributed by atoms with E-state index in [1.165, 1.54) is 39.1 Å². The third-order valence-electron chi connectivity index (χ3n) is 4.03. The van der Waals surface area contributed by atoms with E-state index in [-0.39, 0.29) is 0 Å². The summed E-state index contributed by atoms with van der Waals surface area (Å²) >= 11 is 0. The van der Waals surface area contributed by atoms with Gasteiger partial charge in [-0.15, -0.1) is 0 Å². The molecule has 21 heavy (non-hydrogen) atoms. The summed E-state index contributed by atoms with van der Waals surface area (Å²) in [5.74, 6) is 0.936. The monoisotopic (exact) mass is 291 g/mol. The van der Waals surface area contributed by atoms with Crippen LogP contribution in [0, 0.1) is 0 Å². The number of benzene rings is 1. The Morgan fingerprint density at radius 2 is 1.81 bits per heavy atom. The Labute approximate surface area is 128 Å². The maximum atomic E-state index is 5.81. The molecular weight excluding hydrogens is 262 g/mol. The van der Waals surface area contributed by atoms with E-state index in [0.717, 1.165) is 30.9 Å². The molecule has 1 heterocycles. The maximum Gasteiger partial charge on any atom is 0.119 e. The molecule has 1 aromatic carbocycles. The van der Waals surface area contributed by atoms with Crippen LogP contribution in [0.2, 0.25) is 0 Å². The molecule has 0 amide bonds. The van der Waals surface area contributed by atoms with E-state index in [9.17, 15) is 0 Å². The first-order chi connectivity index (χ1) is 10.3. The van der Waals surface area contributed by atoms with E-state index in [0.29, 0.717) is 6.54 Å². The fourth-order valence-electron chi connectivity index (χ4n) is 2.79. The van der Waals surface area contributed by atoms with Gasteiger partial charge in [0.25, 0.3) is 0 Å². The van der Waals surface area contributed by atoms with Gasteiger partial charge in [0.1, 0.15) is 5.75 Å².